The van der Waals surface area contributed by atoms with Crippen LogP contribution in [0.25, 0.3) is 49.6 Å². The zero-order chi connectivity index (χ0) is 22.5. The smallest absolute Gasteiger partial charge is 0.372 e. The average Bonchev–Trinajstić information content (AvgIpc) is 3.53. The van der Waals surface area contributed by atoms with Gasteiger partial charge in [0.1, 0.15) is 22.6 Å². The van der Waals surface area contributed by atoms with Gasteiger partial charge in [-0.25, -0.2) is 0 Å². The van der Waals surface area contributed by atoms with Crippen molar-refractivity contribution in [1.29, 1.82) is 0 Å². The molecule has 0 amide bonds. The van der Waals surface area contributed by atoms with E-state index in [4.69, 9.17) is 4.74 Å². The van der Waals surface area contributed by atoms with Gasteiger partial charge in [0.15, 0.2) is 22.7 Å². The number of pyridine rings is 2. The van der Waals surface area contributed by atoms with Crippen molar-refractivity contribution in [1.82, 2.24) is 14.6 Å². The number of ether oxygens (including phenoxy) is 1. The highest BCUT2D eigenvalue weighted by molar-refractivity contribution is 6.15. The SMILES string of the molecule is c1cc2c3c(c1)-c1cccc[n+]1C31c3c(ccc4c5cnncc5n5c6ccccc6[n+]1c5c34)O2. The zero-order valence-corrected chi connectivity index (χ0v) is 18.3. The van der Waals surface area contributed by atoms with Gasteiger partial charge in [0.2, 0.25) is 5.69 Å². The fourth-order valence-corrected chi connectivity index (χ4v) is 7.09. The molecule has 3 aliphatic rings. The molecule has 3 aromatic carbocycles. The fourth-order valence-electron chi connectivity index (χ4n) is 7.09. The highest BCUT2D eigenvalue weighted by Crippen LogP contribution is 2.57. The number of para-hydroxylation sites is 2. The molecule has 0 fully saturated rings. The average molecular weight is 449 g/mol. The lowest BCUT2D eigenvalue weighted by Gasteiger charge is -2.28. The summed E-state index contributed by atoms with van der Waals surface area (Å²) in [4.78, 5) is 0. The van der Waals surface area contributed by atoms with Gasteiger partial charge < -0.3 is 4.74 Å². The number of hydrogen-bond donors (Lipinski definition) is 0. The summed E-state index contributed by atoms with van der Waals surface area (Å²) in [7, 11) is 0. The monoisotopic (exact) mass is 449 g/mol. The van der Waals surface area contributed by atoms with Gasteiger partial charge in [0.25, 0.3) is 0 Å². The Morgan fingerprint density at radius 2 is 1.63 bits per heavy atom. The molecular weight excluding hydrogens is 434 g/mol. The second-order valence-corrected chi connectivity index (χ2v) is 9.54. The number of hydrogen-bond acceptors (Lipinski definition) is 3. The lowest BCUT2D eigenvalue weighted by molar-refractivity contribution is -0.940. The molecule has 4 aromatic heterocycles. The van der Waals surface area contributed by atoms with Crippen LogP contribution in [0.15, 0.2) is 91.4 Å². The third-order valence-corrected chi connectivity index (χ3v) is 8.17. The van der Waals surface area contributed by atoms with E-state index in [1.807, 2.05) is 12.4 Å². The molecule has 0 saturated carbocycles. The third-order valence-electron chi connectivity index (χ3n) is 8.17. The van der Waals surface area contributed by atoms with Gasteiger partial charge >= 0.3 is 11.3 Å². The van der Waals surface area contributed by atoms with Crippen molar-refractivity contribution >= 4 is 38.4 Å². The molecule has 0 N–H and O–H groups in total. The summed E-state index contributed by atoms with van der Waals surface area (Å²) in [5.74, 6) is 1.82. The highest BCUT2D eigenvalue weighted by Gasteiger charge is 2.68. The Hall–Kier alpha value is -4.84. The van der Waals surface area contributed by atoms with E-state index in [9.17, 15) is 0 Å². The number of nitrogens with zero attached hydrogens (tertiary/aromatic N) is 5. The van der Waals surface area contributed by atoms with Crippen LogP contribution >= 0.6 is 0 Å². The van der Waals surface area contributed by atoms with Gasteiger partial charge in [-0.2, -0.15) is 14.6 Å². The number of imidazole rings is 1. The Labute approximate surface area is 197 Å². The van der Waals surface area contributed by atoms with E-state index < -0.39 is 5.66 Å². The topological polar surface area (TPSA) is 47.2 Å². The second-order valence-electron chi connectivity index (χ2n) is 9.54. The largest absolute Gasteiger partial charge is 0.456 e. The first kappa shape index (κ1) is 16.7. The molecule has 0 radical (unpaired) electrons. The van der Waals surface area contributed by atoms with Crippen LogP contribution in [-0.2, 0) is 5.66 Å². The van der Waals surface area contributed by atoms with Crippen molar-refractivity contribution in [3.8, 4) is 22.8 Å². The number of benzene rings is 3. The summed E-state index contributed by atoms with van der Waals surface area (Å²) < 4.78 is 14.0. The first-order valence-electron chi connectivity index (χ1n) is 11.8. The Bertz CT molecular complexity index is 2160. The third kappa shape index (κ3) is 1.51. The Morgan fingerprint density at radius 1 is 0.743 bits per heavy atom. The maximum Gasteiger partial charge on any atom is 0.372 e. The molecule has 0 saturated heterocycles. The van der Waals surface area contributed by atoms with Crippen LogP contribution in [0.5, 0.6) is 11.5 Å². The first-order valence-corrected chi connectivity index (χ1v) is 11.8. The van der Waals surface area contributed by atoms with E-state index in [-0.39, 0.29) is 0 Å². The van der Waals surface area contributed by atoms with Gasteiger partial charge in [-0.15, -0.1) is 9.13 Å². The maximum absolute atomic E-state index is 6.64. The standard InChI is InChI=1S/C29H15N5O/c1-2-9-21-20(8-1)33-22-15-31-30-14-18(22)16-11-12-24-27-25(16)28(33)34(21)29(27)26-17(6-5-10-23(26)35-24)19-7-3-4-13-32(19)29/h1-15H/q+2. The van der Waals surface area contributed by atoms with Crippen molar-refractivity contribution < 1.29 is 13.9 Å². The van der Waals surface area contributed by atoms with Crippen molar-refractivity contribution in [3.05, 3.63) is 103 Å². The molecule has 7 heterocycles. The van der Waals surface area contributed by atoms with Gasteiger partial charge in [-0.05, 0) is 42.5 Å². The van der Waals surface area contributed by atoms with Gasteiger partial charge in [0, 0.05) is 17.5 Å². The van der Waals surface area contributed by atoms with Crippen LogP contribution in [0, 0.1) is 0 Å². The van der Waals surface area contributed by atoms with Crippen LogP contribution in [-0.4, -0.2) is 14.6 Å². The van der Waals surface area contributed by atoms with E-state index in [0.29, 0.717) is 0 Å². The van der Waals surface area contributed by atoms with Crippen molar-refractivity contribution in [2.45, 2.75) is 5.66 Å². The molecule has 1 atom stereocenters. The first-order chi connectivity index (χ1) is 17.4. The number of aromatic nitrogens is 5. The predicted molar refractivity (Wildman–Crippen MR) is 129 cm³/mol. The minimum atomic E-state index is -0.579. The number of rotatable bonds is 0. The summed E-state index contributed by atoms with van der Waals surface area (Å²) in [6.45, 7) is 0. The summed E-state index contributed by atoms with van der Waals surface area (Å²) >= 11 is 0. The van der Waals surface area contributed by atoms with E-state index in [1.54, 1.807) is 0 Å². The van der Waals surface area contributed by atoms with Gasteiger partial charge in [0.05, 0.1) is 28.7 Å². The molecule has 0 aliphatic carbocycles. The fraction of sp³-hybridized carbons (Fsp3) is 0.0345. The van der Waals surface area contributed by atoms with Crippen LogP contribution in [0.1, 0.15) is 11.1 Å². The van der Waals surface area contributed by atoms with Crippen LogP contribution in [0.4, 0.5) is 0 Å². The summed E-state index contributed by atoms with van der Waals surface area (Å²) in [5.41, 5.74) is 8.76. The van der Waals surface area contributed by atoms with Crippen molar-refractivity contribution in [2.24, 2.45) is 0 Å². The second kappa shape index (κ2) is 5.13. The molecule has 10 rings (SSSR count). The van der Waals surface area contributed by atoms with Crippen molar-refractivity contribution in [2.75, 3.05) is 0 Å². The molecule has 3 aliphatic heterocycles. The molecule has 7 aromatic rings. The Kier molecular flexibility index (Phi) is 2.45. The van der Waals surface area contributed by atoms with Crippen LogP contribution < -0.4 is 13.9 Å². The summed E-state index contributed by atoms with van der Waals surface area (Å²) in [6.07, 6.45) is 5.99. The number of fused-ring (bicyclic) bond motifs is 8. The van der Waals surface area contributed by atoms with E-state index in [2.05, 4.69) is 103 Å². The van der Waals surface area contributed by atoms with Crippen LogP contribution in [0.3, 0.4) is 0 Å². The van der Waals surface area contributed by atoms with E-state index >= 15 is 0 Å². The molecule has 1 spiro atoms. The minimum Gasteiger partial charge on any atom is -0.456 e. The molecule has 160 valence electrons. The normalized spacial score (nSPS) is 18.1. The molecule has 1 unspecified atom stereocenters. The predicted octanol–water partition coefficient (Wildman–Crippen LogP) is 4.46. The zero-order valence-electron chi connectivity index (χ0n) is 18.3. The van der Waals surface area contributed by atoms with Crippen molar-refractivity contribution in [3.63, 3.8) is 0 Å². The molecule has 35 heavy (non-hydrogen) atoms. The van der Waals surface area contributed by atoms with Crippen LogP contribution in [0.2, 0.25) is 0 Å². The molecule has 0 bridgehead atoms. The Morgan fingerprint density at radius 3 is 2.63 bits per heavy atom. The molecular formula is C29H15N5O+2. The lowest BCUT2D eigenvalue weighted by Crippen LogP contribution is -2.71. The molecule has 6 nitrogen and oxygen atoms in total. The minimum absolute atomic E-state index is 0.579. The quantitative estimate of drug-likeness (QED) is 0.254. The lowest BCUT2D eigenvalue weighted by atomic mass is 9.85. The summed E-state index contributed by atoms with van der Waals surface area (Å²) in [6, 6.07) is 25.9. The van der Waals surface area contributed by atoms with E-state index in [0.717, 1.165) is 33.6 Å². The maximum atomic E-state index is 6.64. The van der Waals surface area contributed by atoms with Gasteiger partial charge in [-0.1, -0.05) is 18.2 Å². The molecule has 6 heteroatoms. The van der Waals surface area contributed by atoms with Gasteiger partial charge in [-0.3, -0.25) is 0 Å². The highest BCUT2D eigenvalue weighted by atomic mass is 16.5. The Balaban J connectivity index is 1.63. The van der Waals surface area contributed by atoms with E-state index in [1.165, 1.54) is 38.7 Å². The summed E-state index contributed by atoms with van der Waals surface area (Å²) in [5, 5.41) is 12.0.